The Kier molecular flexibility index (Phi) is 5.96. The third kappa shape index (κ3) is 5.78. The van der Waals surface area contributed by atoms with Crippen molar-refractivity contribution in [2.75, 3.05) is 13.6 Å². The maximum Gasteiger partial charge on any atom is 0.0727 e. The van der Waals surface area contributed by atoms with Gasteiger partial charge in [-0.25, -0.2) is 0 Å². The zero-order valence-electron chi connectivity index (χ0n) is 9.72. The molecule has 1 aromatic heterocycles. The Balaban J connectivity index is 2.16. The molecule has 0 aromatic carbocycles. The van der Waals surface area contributed by atoms with Gasteiger partial charge < -0.3 is 10.6 Å². The van der Waals surface area contributed by atoms with Gasteiger partial charge in [-0.3, -0.25) is 4.98 Å². The van der Waals surface area contributed by atoms with Crippen LogP contribution in [0.4, 0.5) is 0 Å². The number of hydrogen-bond acceptors (Lipinski definition) is 3. The summed E-state index contributed by atoms with van der Waals surface area (Å²) in [6, 6.07) is 4.09. The summed E-state index contributed by atoms with van der Waals surface area (Å²) < 4.78 is 0. The maximum atomic E-state index is 5.44. The van der Waals surface area contributed by atoms with E-state index in [9.17, 15) is 0 Å². The first kappa shape index (κ1) is 13.1. The number of hydrogen-bond donors (Lipinski definition) is 1. The lowest BCUT2D eigenvalue weighted by molar-refractivity contribution is 0.319. The third-order valence-electron chi connectivity index (χ3n) is 2.41. The number of nitrogens with two attached hydrogens (primary N) is 1. The Morgan fingerprint density at radius 2 is 2.06 bits per heavy atom. The number of pyridine rings is 1. The van der Waals surface area contributed by atoms with Crippen molar-refractivity contribution in [2.45, 2.75) is 25.8 Å². The van der Waals surface area contributed by atoms with Crippen molar-refractivity contribution >= 4 is 17.2 Å². The van der Waals surface area contributed by atoms with Crippen LogP contribution in [-0.4, -0.2) is 28.5 Å². The second-order valence-corrected chi connectivity index (χ2v) is 4.54. The molecule has 1 aromatic rings. The van der Waals surface area contributed by atoms with Gasteiger partial charge in [0.15, 0.2) is 0 Å². The van der Waals surface area contributed by atoms with Gasteiger partial charge in [0.05, 0.1) is 4.99 Å². The number of rotatable bonds is 7. The topological polar surface area (TPSA) is 42.1 Å². The summed E-state index contributed by atoms with van der Waals surface area (Å²) in [5.41, 5.74) is 6.74. The highest BCUT2D eigenvalue weighted by Gasteiger charge is 2.00. The number of nitrogens with zero attached hydrogens (tertiary/aromatic N) is 2. The van der Waals surface area contributed by atoms with Crippen molar-refractivity contribution in [3.63, 3.8) is 0 Å². The van der Waals surface area contributed by atoms with Crippen LogP contribution in [0.25, 0.3) is 0 Å². The first-order valence-corrected chi connectivity index (χ1v) is 5.95. The molecular weight excluding hydrogens is 218 g/mol. The minimum Gasteiger partial charge on any atom is -0.393 e. The van der Waals surface area contributed by atoms with E-state index in [-0.39, 0.29) is 0 Å². The van der Waals surface area contributed by atoms with E-state index in [4.69, 9.17) is 18.0 Å². The highest BCUT2D eigenvalue weighted by molar-refractivity contribution is 7.80. The van der Waals surface area contributed by atoms with Crippen LogP contribution in [0.15, 0.2) is 24.5 Å². The second kappa shape index (κ2) is 7.30. The van der Waals surface area contributed by atoms with Crippen LogP contribution in [0.5, 0.6) is 0 Å². The standard InChI is InChI=1S/C12H19N3S/c1-15(9-3-2-4-12(13)16)10-11-5-7-14-8-6-11/h5-8H,2-4,9-10H2,1H3,(H2,13,16). The Morgan fingerprint density at radius 1 is 1.38 bits per heavy atom. The fourth-order valence-electron chi connectivity index (χ4n) is 1.56. The zero-order chi connectivity index (χ0) is 11.8. The lowest BCUT2D eigenvalue weighted by Crippen LogP contribution is -2.19. The van der Waals surface area contributed by atoms with Gasteiger partial charge in [-0.15, -0.1) is 0 Å². The third-order valence-corrected chi connectivity index (χ3v) is 2.62. The molecule has 1 heterocycles. The van der Waals surface area contributed by atoms with Crippen molar-refractivity contribution in [3.8, 4) is 0 Å². The van der Waals surface area contributed by atoms with Crippen molar-refractivity contribution in [1.29, 1.82) is 0 Å². The summed E-state index contributed by atoms with van der Waals surface area (Å²) in [5, 5.41) is 0. The largest absolute Gasteiger partial charge is 0.393 e. The van der Waals surface area contributed by atoms with Crippen LogP contribution in [0.3, 0.4) is 0 Å². The molecule has 0 atom stereocenters. The van der Waals surface area contributed by atoms with Crippen LogP contribution < -0.4 is 5.73 Å². The smallest absolute Gasteiger partial charge is 0.0727 e. The van der Waals surface area contributed by atoms with E-state index >= 15 is 0 Å². The lowest BCUT2D eigenvalue weighted by atomic mass is 10.2. The Hall–Kier alpha value is -1.00. The molecular formula is C12H19N3S. The quantitative estimate of drug-likeness (QED) is 0.581. The van der Waals surface area contributed by atoms with Crippen molar-refractivity contribution < 1.29 is 0 Å². The number of aromatic nitrogens is 1. The van der Waals surface area contributed by atoms with Gasteiger partial charge in [0, 0.05) is 18.9 Å². The van der Waals surface area contributed by atoms with Gasteiger partial charge in [0.1, 0.15) is 0 Å². The summed E-state index contributed by atoms with van der Waals surface area (Å²) >= 11 is 4.84. The summed E-state index contributed by atoms with van der Waals surface area (Å²) in [6.07, 6.45) is 6.74. The molecule has 0 aliphatic heterocycles. The molecule has 0 saturated heterocycles. The first-order valence-electron chi connectivity index (χ1n) is 5.54. The van der Waals surface area contributed by atoms with Gasteiger partial charge in [-0.1, -0.05) is 12.2 Å². The van der Waals surface area contributed by atoms with Gasteiger partial charge in [0.2, 0.25) is 0 Å². The molecule has 0 saturated carbocycles. The second-order valence-electron chi connectivity index (χ2n) is 4.02. The molecule has 3 nitrogen and oxygen atoms in total. The van der Waals surface area contributed by atoms with E-state index in [1.807, 2.05) is 24.5 Å². The Bertz CT molecular complexity index is 313. The van der Waals surface area contributed by atoms with Crippen LogP contribution in [-0.2, 0) is 6.54 Å². The average molecular weight is 237 g/mol. The Morgan fingerprint density at radius 3 is 2.69 bits per heavy atom. The highest BCUT2D eigenvalue weighted by atomic mass is 32.1. The molecule has 0 amide bonds. The molecule has 4 heteroatoms. The summed E-state index contributed by atoms with van der Waals surface area (Å²) in [6.45, 7) is 2.04. The van der Waals surface area contributed by atoms with Crippen LogP contribution in [0, 0.1) is 0 Å². The monoisotopic (exact) mass is 237 g/mol. The van der Waals surface area contributed by atoms with Gasteiger partial charge in [0.25, 0.3) is 0 Å². The molecule has 16 heavy (non-hydrogen) atoms. The normalized spacial score (nSPS) is 10.6. The fourth-order valence-corrected chi connectivity index (χ4v) is 1.70. The molecule has 0 aliphatic carbocycles. The fraction of sp³-hybridized carbons (Fsp3) is 0.500. The lowest BCUT2D eigenvalue weighted by Gasteiger charge is -2.16. The SMILES string of the molecule is CN(CCCCC(N)=S)Cc1ccncc1. The predicted molar refractivity (Wildman–Crippen MR) is 71.2 cm³/mol. The molecule has 0 bridgehead atoms. The van der Waals surface area contributed by atoms with Crippen LogP contribution >= 0.6 is 12.2 Å². The van der Waals surface area contributed by atoms with Crippen molar-refractivity contribution in [2.24, 2.45) is 5.73 Å². The minimum atomic E-state index is 0.622. The number of unbranched alkanes of at least 4 members (excludes halogenated alkanes) is 1. The van der Waals surface area contributed by atoms with E-state index < -0.39 is 0 Å². The molecule has 2 N–H and O–H groups in total. The van der Waals surface area contributed by atoms with E-state index in [1.54, 1.807) is 0 Å². The molecule has 0 spiro atoms. The van der Waals surface area contributed by atoms with E-state index in [2.05, 4.69) is 16.9 Å². The van der Waals surface area contributed by atoms with Crippen molar-refractivity contribution in [1.82, 2.24) is 9.88 Å². The average Bonchev–Trinajstić information content (AvgIpc) is 2.25. The van der Waals surface area contributed by atoms with E-state index in [1.165, 1.54) is 5.56 Å². The molecule has 0 fully saturated rings. The van der Waals surface area contributed by atoms with Gasteiger partial charge in [-0.2, -0.15) is 0 Å². The zero-order valence-corrected chi connectivity index (χ0v) is 10.5. The maximum absolute atomic E-state index is 5.44. The highest BCUT2D eigenvalue weighted by Crippen LogP contribution is 2.03. The number of thiocarbonyl (C=S) groups is 1. The summed E-state index contributed by atoms with van der Waals surface area (Å²) in [7, 11) is 2.13. The van der Waals surface area contributed by atoms with Crippen molar-refractivity contribution in [3.05, 3.63) is 30.1 Å². The van der Waals surface area contributed by atoms with Crippen LogP contribution in [0.1, 0.15) is 24.8 Å². The molecule has 0 unspecified atom stereocenters. The van der Waals surface area contributed by atoms with Gasteiger partial charge in [-0.05, 0) is 50.6 Å². The molecule has 1 rings (SSSR count). The Labute approximate surface area is 103 Å². The first-order chi connectivity index (χ1) is 7.68. The molecule has 88 valence electrons. The molecule has 0 aliphatic rings. The van der Waals surface area contributed by atoms with E-state index in [0.29, 0.717) is 4.99 Å². The minimum absolute atomic E-state index is 0.622. The van der Waals surface area contributed by atoms with Gasteiger partial charge >= 0.3 is 0 Å². The molecule has 0 radical (unpaired) electrons. The summed E-state index contributed by atoms with van der Waals surface area (Å²) in [5.74, 6) is 0. The predicted octanol–water partition coefficient (Wildman–Crippen LogP) is 1.97. The summed E-state index contributed by atoms with van der Waals surface area (Å²) in [4.78, 5) is 6.92. The van der Waals surface area contributed by atoms with E-state index in [0.717, 1.165) is 32.4 Å². The van der Waals surface area contributed by atoms with Crippen LogP contribution in [0.2, 0.25) is 0 Å².